The maximum Gasteiger partial charge on any atom is 0.192 e. The molecule has 1 aromatic carbocycles. The van der Waals surface area contributed by atoms with E-state index < -0.39 is 22.7 Å². The van der Waals surface area contributed by atoms with Crippen LogP contribution in [0.4, 0.5) is 0 Å². The van der Waals surface area contributed by atoms with Gasteiger partial charge in [0.25, 0.3) is 0 Å². The highest BCUT2D eigenvalue weighted by Gasteiger charge is 2.54. The molecule has 0 heterocycles. The van der Waals surface area contributed by atoms with Crippen LogP contribution in [0.15, 0.2) is 65.8 Å². The molecule has 1 N–H and O–H groups in total. The van der Waals surface area contributed by atoms with Gasteiger partial charge in [-0.2, -0.15) is 0 Å². The molecule has 4 nitrogen and oxygen atoms in total. The number of benzene rings is 1. The molecule has 4 aliphatic rings. The van der Waals surface area contributed by atoms with E-state index >= 15 is 0 Å². The number of aliphatic hydroxyl groups excluding tert-OH is 1. The zero-order valence-electron chi connectivity index (χ0n) is 34.5. The average molecular weight is 733 g/mol. The van der Waals surface area contributed by atoms with Crippen molar-refractivity contribution in [2.45, 2.75) is 180 Å². The van der Waals surface area contributed by atoms with Gasteiger partial charge in [-0.1, -0.05) is 110 Å². The molecular formula is C45H72O4Si2. The van der Waals surface area contributed by atoms with Crippen molar-refractivity contribution in [1.29, 1.82) is 0 Å². The Morgan fingerprint density at radius 2 is 1.57 bits per heavy atom. The Balaban J connectivity index is 1.34. The minimum atomic E-state index is -2.02. The van der Waals surface area contributed by atoms with Gasteiger partial charge in [0.05, 0.1) is 23.7 Å². The van der Waals surface area contributed by atoms with Gasteiger partial charge >= 0.3 is 0 Å². The smallest absolute Gasteiger partial charge is 0.192 e. The van der Waals surface area contributed by atoms with Crippen LogP contribution in [0.3, 0.4) is 0 Å². The van der Waals surface area contributed by atoms with Crippen LogP contribution in [0.2, 0.25) is 36.3 Å². The van der Waals surface area contributed by atoms with Crippen molar-refractivity contribution in [3.05, 3.63) is 71.3 Å². The summed E-state index contributed by atoms with van der Waals surface area (Å²) in [6, 6.07) is 10.2. The predicted molar refractivity (Wildman–Crippen MR) is 219 cm³/mol. The molecule has 6 heteroatoms. The molecule has 7 atom stereocenters. The van der Waals surface area contributed by atoms with Crippen LogP contribution in [-0.2, 0) is 19.1 Å². The maximum atomic E-state index is 13.6. The Hall–Kier alpha value is -1.58. The van der Waals surface area contributed by atoms with Gasteiger partial charge in [-0.15, -0.1) is 0 Å². The van der Waals surface area contributed by atoms with Crippen molar-refractivity contribution in [2.75, 3.05) is 0 Å². The summed E-state index contributed by atoms with van der Waals surface area (Å²) in [5.74, 6) is 1.23. The summed E-state index contributed by atoms with van der Waals surface area (Å²) in [6.45, 7) is 32.8. The first-order valence-corrected chi connectivity index (χ1v) is 26.1. The van der Waals surface area contributed by atoms with Crippen LogP contribution in [0.5, 0.6) is 0 Å². The second-order valence-corrected chi connectivity index (χ2v) is 29.9. The number of allylic oxidation sites excluding steroid dienone is 3. The lowest BCUT2D eigenvalue weighted by molar-refractivity contribution is -0.124. The van der Waals surface area contributed by atoms with Crippen molar-refractivity contribution in [1.82, 2.24) is 0 Å². The minimum absolute atomic E-state index is 0.0201. The molecule has 1 unspecified atom stereocenters. The Labute approximate surface area is 314 Å². The SMILES string of the molecule is C=C1C(=CC=C2CCC[C@]3(C)[C@@H]([C@H](C)C(O)CC(=O)C4(c5ccccc5)CC4)CC[C@@H]23)C[C@@H](O[Si](C)(C)C(C)(C)C)C[C@@H]1O[Si](C)(C)C(C)(C)C. The van der Waals surface area contributed by atoms with E-state index in [1.165, 1.54) is 18.4 Å². The molecular weight excluding hydrogens is 661 g/mol. The molecule has 4 aliphatic carbocycles. The lowest BCUT2D eigenvalue weighted by atomic mass is 9.60. The summed E-state index contributed by atoms with van der Waals surface area (Å²) in [5.41, 5.74) is 4.87. The number of hydrogen-bond acceptors (Lipinski definition) is 4. The first-order valence-electron chi connectivity index (χ1n) is 20.2. The molecule has 0 amide bonds. The number of hydrogen-bond donors (Lipinski definition) is 1. The van der Waals surface area contributed by atoms with Gasteiger partial charge in [0.2, 0.25) is 0 Å². The van der Waals surface area contributed by atoms with E-state index in [0.717, 1.165) is 56.1 Å². The molecule has 1 aromatic rings. The largest absolute Gasteiger partial charge is 0.413 e. The van der Waals surface area contributed by atoms with Gasteiger partial charge in [-0.05, 0) is 128 Å². The third-order valence-corrected chi connectivity index (χ3v) is 24.0. The van der Waals surface area contributed by atoms with Crippen molar-refractivity contribution >= 4 is 22.4 Å². The molecule has 0 saturated heterocycles. The number of fused-ring (bicyclic) bond motifs is 1. The Morgan fingerprint density at radius 3 is 2.16 bits per heavy atom. The normalized spacial score (nSPS) is 31.4. The first-order chi connectivity index (χ1) is 23.5. The summed E-state index contributed by atoms with van der Waals surface area (Å²) in [7, 11) is -4.00. The zero-order valence-corrected chi connectivity index (χ0v) is 36.5. The Bertz CT molecular complexity index is 1490. The van der Waals surface area contributed by atoms with Crippen LogP contribution in [-0.4, -0.2) is 45.8 Å². The molecule has 0 aromatic heterocycles. The van der Waals surface area contributed by atoms with Crippen molar-refractivity contribution in [3.8, 4) is 0 Å². The Kier molecular flexibility index (Phi) is 11.6. The lowest BCUT2D eigenvalue weighted by Crippen LogP contribution is -2.49. The summed E-state index contributed by atoms with van der Waals surface area (Å²) in [6.07, 6.45) is 13.9. The second-order valence-electron chi connectivity index (χ2n) is 20.4. The monoisotopic (exact) mass is 732 g/mol. The zero-order chi connectivity index (χ0) is 37.8. The van der Waals surface area contributed by atoms with E-state index in [4.69, 9.17) is 8.85 Å². The fraction of sp³-hybridized carbons (Fsp3) is 0.711. The van der Waals surface area contributed by atoms with E-state index in [1.54, 1.807) is 5.57 Å². The third-order valence-electron chi connectivity index (χ3n) is 15.0. The second kappa shape index (κ2) is 14.6. The molecule has 284 valence electrons. The van der Waals surface area contributed by atoms with Gasteiger partial charge in [0, 0.05) is 12.8 Å². The molecule has 0 spiro atoms. The average Bonchev–Trinajstić information content (AvgIpc) is 3.77. The highest BCUT2D eigenvalue weighted by Crippen LogP contribution is 2.60. The molecule has 0 aliphatic heterocycles. The Morgan fingerprint density at radius 1 is 0.961 bits per heavy atom. The summed E-state index contributed by atoms with van der Waals surface area (Å²) in [5, 5.41) is 11.9. The van der Waals surface area contributed by atoms with Gasteiger partial charge in [-0.25, -0.2) is 0 Å². The van der Waals surface area contributed by atoms with Gasteiger partial charge in [0.1, 0.15) is 5.78 Å². The fourth-order valence-electron chi connectivity index (χ4n) is 9.36. The van der Waals surface area contributed by atoms with E-state index in [9.17, 15) is 9.90 Å². The van der Waals surface area contributed by atoms with E-state index in [-0.39, 0.29) is 51.2 Å². The standard InChI is InChI=1S/C45H72O4Si2/c1-31-34(28-36(48-50(10,11)42(3,4)5)29-40(31)49-51(12,13)43(6,7)8)22-21-33-18-17-25-44(9)37(23-24-38(33)44)32(2)39(46)30-41(47)45(26-27-45)35-19-15-14-16-20-35/h14-16,19-22,32,36-40,46H,1,17-18,23-30H2,2-13H3/t32-,36+,37+,38-,39?,40-,44+/m0/s1. The molecule has 4 fully saturated rings. The number of aliphatic hydroxyl groups is 1. The van der Waals surface area contributed by atoms with Crippen LogP contribution in [0.1, 0.15) is 125 Å². The predicted octanol–water partition coefficient (Wildman–Crippen LogP) is 11.9. The van der Waals surface area contributed by atoms with E-state index in [2.05, 4.69) is 112 Å². The van der Waals surface area contributed by atoms with Gasteiger partial charge < -0.3 is 14.0 Å². The number of carbonyl (C=O) groups is 1. The molecule has 5 rings (SSSR count). The molecule has 4 saturated carbocycles. The van der Waals surface area contributed by atoms with E-state index in [1.807, 2.05) is 18.2 Å². The summed E-state index contributed by atoms with van der Waals surface area (Å²) in [4.78, 5) is 13.6. The van der Waals surface area contributed by atoms with Crippen molar-refractivity contribution < 1.29 is 18.8 Å². The summed E-state index contributed by atoms with van der Waals surface area (Å²) >= 11 is 0. The van der Waals surface area contributed by atoms with Crippen LogP contribution < -0.4 is 0 Å². The lowest BCUT2D eigenvalue weighted by Gasteiger charge is -2.46. The fourth-order valence-corrected chi connectivity index (χ4v) is 12.0. The van der Waals surface area contributed by atoms with Crippen molar-refractivity contribution in [3.63, 3.8) is 0 Å². The van der Waals surface area contributed by atoms with Crippen LogP contribution >= 0.6 is 0 Å². The van der Waals surface area contributed by atoms with E-state index in [0.29, 0.717) is 11.8 Å². The van der Waals surface area contributed by atoms with Crippen LogP contribution in [0, 0.1) is 23.2 Å². The van der Waals surface area contributed by atoms with Gasteiger partial charge in [0.15, 0.2) is 16.6 Å². The minimum Gasteiger partial charge on any atom is -0.413 e. The summed E-state index contributed by atoms with van der Waals surface area (Å²) < 4.78 is 14.2. The molecule has 51 heavy (non-hydrogen) atoms. The quantitative estimate of drug-likeness (QED) is 0.230. The highest BCUT2D eigenvalue weighted by atomic mass is 28.4. The van der Waals surface area contributed by atoms with Crippen LogP contribution in [0.25, 0.3) is 0 Å². The third kappa shape index (κ3) is 8.26. The number of carbonyl (C=O) groups excluding carboxylic acids is 1. The first kappa shape index (κ1) is 40.6. The number of Topliss-reactive ketones (excluding diaryl/α,β-unsaturated/α-hetero) is 1. The number of rotatable bonds is 11. The highest BCUT2D eigenvalue weighted by molar-refractivity contribution is 6.74. The molecule has 0 radical (unpaired) electrons. The van der Waals surface area contributed by atoms with Crippen molar-refractivity contribution in [2.24, 2.45) is 23.2 Å². The number of ketones is 1. The topological polar surface area (TPSA) is 55.8 Å². The maximum absolute atomic E-state index is 13.6. The van der Waals surface area contributed by atoms with Gasteiger partial charge in [-0.3, -0.25) is 4.79 Å². The molecule has 0 bridgehead atoms.